The van der Waals surface area contributed by atoms with E-state index in [9.17, 15) is 22.8 Å². The van der Waals surface area contributed by atoms with Crippen molar-refractivity contribution in [1.82, 2.24) is 19.7 Å². The van der Waals surface area contributed by atoms with E-state index in [2.05, 4.69) is 15.1 Å². The van der Waals surface area contributed by atoms with Gasteiger partial charge in [-0.3, -0.25) is 14.6 Å². The summed E-state index contributed by atoms with van der Waals surface area (Å²) in [7, 11) is 0. The number of nitrogens with one attached hydrogen (secondary N) is 1. The first-order valence-corrected chi connectivity index (χ1v) is 13.3. The van der Waals surface area contributed by atoms with Crippen LogP contribution in [0.3, 0.4) is 0 Å². The maximum Gasteiger partial charge on any atom is 0.333 e. The number of alkyl halides is 2. The Morgan fingerprint density at radius 3 is 2.44 bits per heavy atom. The lowest BCUT2D eigenvalue weighted by Gasteiger charge is -2.11. The lowest BCUT2D eigenvalue weighted by molar-refractivity contribution is 0.0566. The number of benzene rings is 3. The van der Waals surface area contributed by atoms with E-state index in [1.54, 1.807) is 61.7 Å². The number of ether oxygens (including phenoxy) is 1. The number of carbonyl (C=O) groups is 1. The fraction of sp³-hybridized carbons (Fsp3) is 0.0909. The molecule has 10 heteroatoms. The third kappa shape index (κ3) is 5.67. The normalized spacial score (nSPS) is 11.3. The molecular weight excluding hydrogens is 557 g/mol. The molecule has 7 nitrogen and oxygen atoms in total. The molecule has 0 fully saturated rings. The predicted octanol–water partition coefficient (Wildman–Crippen LogP) is 7.51. The smallest absolute Gasteiger partial charge is 0.333 e. The number of hydrogen-bond acceptors (Lipinski definition) is 5. The number of rotatable bonds is 8. The van der Waals surface area contributed by atoms with Gasteiger partial charge in [0.15, 0.2) is 11.2 Å². The first-order chi connectivity index (χ1) is 20.8. The fourth-order valence-electron chi connectivity index (χ4n) is 4.86. The molecule has 0 bridgehead atoms. The molecule has 0 saturated heterocycles. The van der Waals surface area contributed by atoms with Crippen molar-refractivity contribution in [3.63, 3.8) is 0 Å². The number of aromatic amines is 1. The van der Waals surface area contributed by atoms with Crippen LogP contribution in [0, 0.1) is 12.7 Å². The maximum absolute atomic E-state index is 13.4. The van der Waals surface area contributed by atoms with Gasteiger partial charge < -0.3 is 9.72 Å². The minimum Gasteiger partial charge on any atom is -0.457 e. The number of Topliss-reactive ketones (excluding diaryl/α,β-unsaturated/α-hetero) is 1. The summed E-state index contributed by atoms with van der Waals surface area (Å²) in [5, 5.41) is 4.41. The topological polar surface area (TPSA) is 89.9 Å². The predicted molar refractivity (Wildman–Crippen MR) is 156 cm³/mol. The van der Waals surface area contributed by atoms with Crippen LogP contribution in [-0.2, 0) is 6.42 Å². The van der Waals surface area contributed by atoms with Gasteiger partial charge in [0, 0.05) is 47.2 Å². The molecule has 3 aromatic carbocycles. The number of halogens is 3. The Labute approximate surface area is 243 Å². The van der Waals surface area contributed by atoms with Gasteiger partial charge in [-0.1, -0.05) is 30.3 Å². The van der Waals surface area contributed by atoms with E-state index in [1.807, 2.05) is 0 Å². The van der Waals surface area contributed by atoms with Gasteiger partial charge in [0.2, 0.25) is 0 Å². The quantitative estimate of drug-likeness (QED) is 0.188. The molecule has 1 N–H and O–H groups in total. The Morgan fingerprint density at radius 1 is 0.977 bits per heavy atom. The molecule has 0 atom stereocenters. The molecule has 0 aliphatic rings. The average molecular weight is 581 g/mol. The molecule has 6 aromatic rings. The van der Waals surface area contributed by atoms with Crippen molar-refractivity contribution in [2.75, 3.05) is 0 Å². The highest BCUT2D eigenvalue weighted by atomic mass is 19.3. The average Bonchev–Trinajstić information content (AvgIpc) is 3.50. The van der Waals surface area contributed by atoms with Gasteiger partial charge in [-0.15, -0.1) is 0 Å². The van der Waals surface area contributed by atoms with Crippen LogP contribution in [0.1, 0.15) is 28.2 Å². The number of pyridine rings is 2. The molecule has 43 heavy (non-hydrogen) atoms. The Balaban J connectivity index is 1.19. The molecule has 0 aliphatic heterocycles. The summed E-state index contributed by atoms with van der Waals surface area (Å²) in [4.78, 5) is 33.7. The van der Waals surface area contributed by atoms with Crippen LogP contribution >= 0.6 is 0 Å². The van der Waals surface area contributed by atoms with Crippen molar-refractivity contribution in [2.24, 2.45) is 0 Å². The summed E-state index contributed by atoms with van der Waals surface area (Å²) in [6.07, 6.45) is 5.65. The molecule has 0 radical (unpaired) electrons. The minimum absolute atomic E-state index is 0.00160. The number of aryl methyl sites for hydroxylation is 1. The van der Waals surface area contributed by atoms with Crippen molar-refractivity contribution in [3.05, 3.63) is 130 Å². The van der Waals surface area contributed by atoms with Gasteiger partial charge >= 0.3 is 6.55 Å². The van der Waals surface area contributed by atoms with Crippen molar-refractivity contribution in [3.8, 4) is 33.8 Å². The van der Waals surface area contributed by atoms with Crippen molar-refractivity contribution >= 4 is 16.7 Å². The third-order valence-electron chi connectivity index (χ3n) is 7.07. The molecule has 3 heterocycles. The van der Waals surface area contributed by atoms with Crippen LogP contribution in [0.15, 0.2) is 102 Å². The lowest BCUT2D eigenvalue weighted by Crippen LogP contribution is -2.20. The van der Waals surface area contributed by atoms with E-state index in [1.165, 1.54) is 42.9 Å². The second kappa shape index (κ2) is 11.4. The van der Waals surface area contributed by atoms with Gasteiger partial charge in [-0.2, -0.15) is 13.9 Å². The first kappa shape index (κ1) is 27.6. The third-order valence-corrected chi connectivity index (χ3v) is 7.07. The highest BCUT2D eigenvalue weighted by Crippen LogP contribution is 2.32. The van der Waals surface area contributed by atoms with Gasteiger partial charge in [-0.25, -0.2) is 9.07 Å². The molecule has 0 saturated carbocycles. The molecule has 0 unspecified atom stereocenters. The second-order valence-electron chi connectivity index (χ2n) is 9.91. The summed E-state index contributed by atoms with van der Waals surface area (Å²) in [6.45, 7) is -0.994. The Hall–Kier alpha value is -5.51. The Kier molecular flexibility index (Phi) is 7.33. The number of ketones is 1. The molecule has 3 aromatic heterocycles. The zero-order valence-corrected chi connectivity index (χ0v) is 22.7. The van der Waals surface area contributed by atoms with Crippen LogP contribution in [0.25, 0.3) is 33.2 Å². The van der Waals surface area contributed by atoms with Gasteiger partial charge in [0.25, 0.3) is 0 Å². The Bertz CT molecular complexity index is 2020. The molecule has 6 rings (SSSR count). The molecule has 0 spiro atoms. The second-order valence-corrected chi connectivity index (χ2v) is 9.91. The first-order valence-electron chi connectivity index (χ1n) is 13.3. The minimum atomic E-state index is -2.72. The van der Waals surface area contributed by atoms with E-state index in [0.29, 0.717) is 55.2 Å². The van der Waals surface area contributed by atoms with Gasteiger partial charge in [-0.05, 0) is 66.1 Å². The Morgan fingerprint density at radius 2 is 1.72 bits per heavy atom. The highest BCUT2D eigenvalue weighted by molar-refractivity contribution is 5.98. The molecule has 0 aliphatic carbocycles. The molecule has 0 amide bonds. The van der Waals surface area contributed by atoms with Crippen molar-refractivity contribution < 1.29 is 22.7 Å². The number of hydrogen-bond donors (Lipinski definition) is 1. The summed E-state index contributed by atoms with van der Waals surface area (Å²) in [6, 6.07) is 19.6. The van der Waals surface area contributed by atoms with Gasteiger partial charge in [0.1, 0.15) is 17.3 Å². The van der Waals surface area contributed by atoms with E-state index in [4.69, 9.17) is 4.74 Å². The van der Waals surface area contributed by atoms with Crippen molar-refractivity contribution in [1.29, 1.82) is 0 Å². The van der Waals surface area contributed by atoms with E-state index in [-0.39, 0.29) is 17.8 Å². The largest absolute Gasteiger partial charge is 0.457 e. The summed E-state index contributed by atoms with van der Waals surface area (Å²) in [5.74, 6) is 0.302. The number of aromatic nitrogens is 4. The summed E-state index contributed by atoms with van der Waals surface area (Å²) >= 11 is 0. The number of nitrogens with zero attached hydrogens (tertiary/aromatic N) is 3. The van der Waals surface area contributed by atoms with E-state index >= 15 is 0 Å². The zero-order chi connectivity index (χ0) is 30.1. The van der Waals surface area contributed by atoms with Crippen LogP contribution in [-0.4, -0.2) is 25.5 Å². The van der Waals surface area contributed by atoms with Gasteiger partial charge in [0.05, 0.1) is 17.3 Å². The molecule has 214 valence electrons. The van der Waals surface area contributed by atoms with E-state index in [0.717, 1.165) is 5.39 Å². The van der Waals surface area contributed by atoms with E-state index < -0.39 is 17.8 Å². The van der Waals surface area contributed by atoms with Crippen LogP contribution in [0.2, 0.25) is 0 Å². The monoisotopic (exact) mass is 580 g/mol. The highest BCUT2D eigenvalue weighted by Gasteiger charge is 2.18. The zero-order valence-electron chi connectivity index (χ0n) is 22.7. The lowest BCUT2D eigenvalue weighted by atomic mass is 9.98. The number of fused-ring (bicyclic) bond motifs is 1. The number of carbonyl (C=O) groups excluding carboxylic acids is 1. The van der Waals surface area contributed by atoms with Crippen LogP contribution < -0.4 is 10.2 Å². The van der Waals surface area contributed by atoms with Crippen molar-refractivity contribution in [2.45, 2.75) is 19.9 Å². The summed E-state index contributed by atoms with van der Waals surface area (Å²) in [5.41, 5.74) is 3.58. The summed E-state index contributed by atoms with van der Waals surface area (Å²) < 4.78 is 45.9. The SMILES string of the molecule is Cc1[nH]cc(C(=O)Cc2ccc(Oc3ccnc4cc(-c5cnn(C(F)F)c5)ccc34)cc2)c(=O)c1-c1ccc(F)cc1. The van der Waals surface area contributed by atoms with Crippen LogP contribution in [0.4, 0.5) is 13.2 Å². The van der Waals surface area contributed by atoms with Crippen LogP contribution in [0.5, 0.6) is 11.5 Å². The number of H-pyrrole nitrogens is 1. The standard InChI is InChI=1S/C33H23F3N4O3/c1-19-31(21-4-7-24(34)8-5-21)32(42)27(17-38-19)29(41)14-20-2-9-25(10-3-20)43-30-12-13-37-28-15-22(6-11-26(28)30)23-16-39-40(18-23)33(35)36/h2-13,15-18,33H,14H2,1H3,(H,38,42). The maximum atomic E-state index is 13.4. The molecular formula is C33H23F3N4O3. The fourth-order valence-corrected chi connectivity index (χ4v) is 4.86.